The normalized spacial score (nSPS) is 9.40. The highest BCUT2D eigenvalue weighted by atomic mass is 32.1. The maximum atomic E-state index is 8.84. The lowest BCUT2D eigenvalue weighted by molar-refractivity contribution is 0.587. The van der Waals surface area contributed by atoms with Gasteiger partial charge < -0.3 is 16.0 Å². The highest BCUT2D eigenvalue weighted by Gasteiger charge is 2.04. The van der Waals surface area contributed by atoms with Gasteiger partial charge in [-0.25, -0.2) is 4.98 Å². The summed E-state index contributed by atoms with van der Waals surface area (Å²) in [6.45, 7) is 1.63. The smallest absolute Gasteiger partial charge is 0.407 e. The van der Waals surface area contributed by atoms with Crippen molar-refractivity contribution in [1.29, 1.82) is 0 Å². The van der Waals surface area contributed by atoms with Crippen LogP contribution >= 0.6 is 11.3 Å². The fourth-order valence-electron chi connectivity index (χ4n) is 0.560. The topological polar surface area (TPSA) is 71.2 Å². The molecule has 1 aromatic rings. The molecular weight excluding hydrogens is 149 g/mol. The molecule has 4 N–H and O–H groups in total. The van der Waals surface area contributed by atoms with Crippen LogP contribution in [0, 0.1) is 0 Å². The summed E-state index contributed by atoms with van der Waals surface area (Å²) in [5, 5.41) is 12.9. The number of nitrogens with one attached hydrogen (secondary N) is 1. The Kier molecular flexibility index (Phi) is 2.13. The van der Waals surface area contributed by atoms with Crippen molar-refractivity contribution >= 4 is 28.5 Å². The minimum atomic E-state index is -0.556. The van der Waals surface area contributed by atoms with Gasteiger partial charge in [-0.05, 0) is 6.82 Å². The first-order valence-electron chi connectivity index (χ1n) is 2.84. The van der Waals surface area contributed by atoms with E-state index in [1.165, 1.54) is 11.3 Å². The predicted molar refractivity (Wildman–Crippen MR) is 44.0 cm³/mol. The number of nitrogen functional groups attached to an aromatic ring is 1. The molecule has 1 rings (SSSR count). The predicted octanol–water partition coefficient (Wildman–Crippen LogP) is 0.247. The minimum absolute atomic E-state index is 0.503. The van der Waals surface area contributed by atoms with Crippen LogP contribution in [0.15, 0.2) is 6.20 Å². The van der Waals surface area contributed by atoms with E-state index in [0.717, 1.165) is 5.00 Å². The molecule has 0 aliphatic carbocycles. The molecule has 0 saturated carbocycles. The standard InChI is InChI=1S/C4H8BN3OS/c1-5(9)8-3-2-7-4(6)10-3/h2,8-9H,1H3,(H2,6,7). The Labute approximate surface area is 63.2 Å². The monoisotopic (exact) mass is 157 g/mol. The van der Waals surface area contributed by atoms with Crippen LogP contribution in [-0.4, -0.2) is 17.1 Å². The summed E-state index contributed by atoms with van der Waals surface area (Å²) in [5.41, 5.74) is 5.34. The van der Waals surface area contributed by atoms with Crippen molar-refractivity contribution in [3.8, 4) is 0 Å². The lowest BCUT2D eigenvalue weighted by Crippen LogP contribution is -2.18. The highest BCUT2D eigenvalue weighted by Crippen LogP contribution is 2.19. The first kappa shape index (κ1) is 7.36. The molecule has 4 nitrogen and oxygen atoms in total. The van der Waals surface area contributed by atoms with E-state index in [1.807, 2.05) is 0 Å². The molecule has 0 bridgehead atoms. The average Bonchev–Trinajstić information content (AvgIpc) is 2.13. The van der Waals surface area contributed by atoms with Crippen LogP contribution in [0.25, 0.3) is 0 Å². The van der Waals surface area contributed by atoms with Crippen LogP contribution in [0.4, 0.5) is 10.1 Å². The molecule has 0 amide bonds. The maximum Gasteiger partial charge on any atom is 0.407 e. The highest BCUT2D eigenvalue weighted by molar-refractivity contribution is 7.19. The number of nitrogens with two attached hydrogens (primary N) is 1. The molecule has 0 fully saturated rings. The zero-order valence-electron chi connectivity index (χ0n) is 5.53. The molecule has 54 valence electrons. The molecule has 0 saturated heterocycles. The van der Waals surface area contributed by atoms with Gasteiger partial charge in [-0.3, -0.25) is 0 Å². The van der Waals surface area contributed by atoms with Crippen LogP contribution in [0.2, 0.25) is 6.82 Å². The molecule has 0 unspecified atom stereocenters. The summed E-state index contributed by atoms with van der Waals surface area (Å²) in [7, 11) is -0.556. The molecule has 1 heterocycles. The van der Waals surface area contributed by atoms with Gasteiger partial charge in [0.15, 0.2) is 5.13 Å². The van der Waals surface area contributed by atoms with E-state index in [4.69, 9.17) is 10.8 Å². The fraction of sp³-hybridized carbons (Fsp3) is 0.250. The van der Waals surface area contributed by atoms with Gasteiger partial charge in [0, 0.05) is 0 Å². The summed E-state index contributed by atoms with van der Waals surface area (Å²) in [6.07, 6.45) is 1.59. The number of aromatic nitrogens is 1. The fourth-order valence-corrected chi connectivity index (χ4v) is 1.23. The summed E-state index contributed by atoms with van der Waals surface area (Å²) in [6, 6.07) is 0. The summed E-state index contributed by atoms with van der Waals surface area (Å²) in [5.74, 6) is 0. The summed E-state index contributed by atoms with van der Waals surface area (Å²) >= 11 is 1.31. The van der Waals surface area contributed by atoms with E-state index in [9.17, 15) is 0 Å². The molecule has 0 aliphatic heterocycles. The van der Waals surface area contributed by atoms with Crippen LogP contribution in [0.1, 0.15) is 0 Å². The molecule has 0 radical (unpaired) electrons. The number of thiazole rings is 1. The number of hydrogen-bond donors (Lipinski definition) is 3. The summed E-state index contributed by atoms with van der Waals surface area (Å²) < 4.78 is 0. The molecular formula is C4H8BN3OS. The van der Waals surface area contributed by atoms with Crippen molar-refractivity contribution < 1.29 is 5.02 Å². The van der Waals surface area contributed by atoms with Gasteiger partial charge in [-0.2, -0.15) is 0 Å². The quantitative estimate of drug-likeness (QED) is 0.538. The van der Waals surface area contributed by atoms with Gasteiger partial charge in [0.25, 0.3) is 0 Å². The van der Waals surface area contributed by atoms with Crippen LogP contribution in [0.5, 0.6) is 0 Å². The second-order valence-corrected chi connectivity index (χ2v) is 2.95. The molecule has 0 aliphatic rings. The zero-order chi connectivity index (χ0) is 7.56. The Balaban J connectivity index is 2.58. The lowest BCUT2D eigenvalue weighted by atomic mass is 9.89. The van der Waals surface area contributed by atoms with Crippen LogP contribution in [-0.2, 0) is 0 Å². The molecule has 0 atom stereocenters. The Morgan fingerprint density at radius 3 is 3.00 bits per heavy atom. The van der Waals surface area contributed by atoms with Gasteiger partial charge in [0.05, 0.1) is 6.20 Å². The van der Waals surface area contributed by atoms with Gasteiger partial charge in [0.1, 0.15) is 5.00 Å². The molecule has 1 aromatic heterocycles. The van der Waals surface area contributed by atoms with Gasteiger partial charge in [-0.15, -0.1) is 0 Å². The van der Waals surface area contributed by atoms with E-state index in [-0.39, 0.29) is 0 Å². The zero-order valence-corrected chi connectivity index (χ0v) is 6.35. The Bertz CT molecular complexity index is 214. The SMILES string of the molecule is CB(O)Nc1cnc(N)s1. The minimum Gasteiger partial charge on any atom is -0.433 e. The van der Waals surface area contributed by atoms with Crippen molar-refractivity contribution in [3.05, 3.63) is 6.20 Å². The van der Waals surface area contributed by atoms with Crippen molar-refractivity contribution in [2.24, 2.45) is 0 Å². The first-order chi connectivity index (χ1) is 4.68. The van der Waals surface area contributed by atoms with Crippen molar-refractivity contribution in [1.82, 2.24) is 4.98 Å². The third kappa shape index (κ3) is 1.89. The van der Waals surface area contributed by atoms with E-state index >= 15 is 0 Å². The molecule has 6 heteroatoms. The van der Waals surface area contributed by atoms with Gasteiger partial charge in [0.2, 0.25) is 0 Å². The molecule has 0 aromatic carbocycles. The third-order valence-electron chi connectivity index (χ3n) is 0.875. The first-order valence-corrected chi connectivity index (χ1v) is 3.66. The van der Waals surface area contributed by atoms with Crippen molar-refractivity contribution in [3.63, 3.8) is 0 Å². The molecule has 0 spiro atoms. The van der Waals surface area contributed by atoms with E-state index in [0.29, 0.717) is 5.13 Å². The number of rotatable bonds is 2. The average molecular weight is 157 g/mol. The van der Waals surface area contributed by atoms with Gasteiger partial charge >= 0.3 is 7.05 Å². The van der Waals surface area contributed by atoms with Crippen molar-refractivity contribution in [2.45, 2.75) is 6.82 Å². The van der Waals surface area contributed by atoms with E-state index < -0.39 is 7.05 Å². The summed E-state index contributed by atoms with van der Waals surface area (Å²) in [4.78, 5) is 3.79. The second-order valence-electron chi connectivity index (χ2n) is 1.88. The van der Waals surface area contributed by atoms with E-state index in [1.54, 1.807) is 13.0 Å². The number of hydrogen-bond acceptors (Lipinski definition) is 5. The molecule has 10 heavy (non-hydrogen) atoms. The number of anilines is 2. The third-order valence-corrected chi connectivity index (χ3v) is 1.63. The van der Waals surface area contributed by atoms with Gasteiger partial charge in [-0.1, -0.05) is 11.3 Å². The van der Waals surface area contributed by atoms with E-state index in [2.05, 4.69) is 10.2 Å². The van der Waals surface area contributed by atoms with Crippen LogP contribution < -0.4 is 11.0 Å². The number of nitrogens with zero attached hydrogens (tertiary/aromatic N) is 1. The maximum absolute atomic E-state index is 8.84. The second kappa shape index (κ2) is 2.89. The van der Waals surface area contributed by atoms with Crippen LogP contribution in [0.3, 0.4) is 0 Å². The Hall–Kier alpha value is -0.745. The lowest BCUT2D eigenvalue weighted by Gasteiger charge is -1.98. The largest absolute Gasteiger partial charge is 0.433 e. The Morgan fingerprint density at radius 1 is 1.90 bits per heavy atom. The Morgan fingerprint density at radius 2 is 2.60 bits per heavy atom. The van der Waals surface area contributed by atoms with Crippen molar-refractivity contribution in [2.75, 3.05) is 11.0 Å².